The third kappa shape index (κ3) is 2.98. The molecule has 0 aromatic heterocycles. The highest BCUT2D eigenvalue weighted by Crippen LogP contribution is 2.27. The lowest BCUT2D eigenvalue weighted by atomic mass is 9.90. The molecule has 0 heterocycles. The van der Waals surface area contributed by atoms with E-state index in [-0.39, 0.29) is 0 Å². The van der Waals surface area contributed by atoms with Crippen molar-refractivity contribution >= 4 is 5.69 Å². The fourth-order valence-corrected chi connectivity index (χ4v) is 2.93. The van der Waals surface area contributed by atoms with E-state index in [1.807, 2.05) is 0 Å². The second-order valence-electron chi connectivity index (χ2n) is 5.31. The molecule has 0 saturated heterocycles. The number of nitrogens with one attached hydrogen (secondary N) is 1. The van der Waals surface area contributed by atoms with Crippen LogP contribution in [0.2, 0.25) is 0 Å². The third-order valence-corrected chi connectivity index (χ3v) is 3.97. The van der Waals surface area contributed by atoms with Crippen molar-refractivity contribution in [2.45, 2.75) is 32.1 Å². The lowest BCUT2D eigenvalue weighted by molar-refractivity contribution is 0.686. The number of fused-ring (bicyclic) bond motifs is 1. The van der Waals surface area contributed by atoms with Gasteiger partial charge in [-0.05, 0) is 54.9 Å². The molecule has 1 nitrogen and oxygen atoms in total. The van der Waals surface area contributed by atoms with Crippen molar-refractivity contribution < 1.29 is 0 Å². The van der Waals surface area contributed by atoms with Crippen LogP contribution in [0.3, 0.4) is 0 Å². The van der Waals surface area contributed by atoms with Gasteiger partial charge in [0.1, 0.15) is 0 Å². The van der Waals surface area contributed by atoms with Gasteiger partial charge in [0.25, 0.3) is 0 Å². The number of rotatable bonds is 4. The van der Waals surface area contributed by atoms with Gasteiger partial charge in [-0.25, -0.2) is 0 Å². The van der Waals surface area contributed by atoms with E-state index in [2.05, 4.69) is 53.8 Å². The molecular formula is C18H21N. The molecule has 1 heteroatoms. The van der Waals surface area contributed by atoms with Crippen LogP contribution in [0.5, 0.6) is 0 Å². The Labute approximate surface area is 115 Å². The fraction of sp³-hybridized carbons (Fsp3) is 0.333. The molecule has 0 spiro atoms. The molecule has 19 heavy (non-hydrogen) atoms. The predicted molar refractivity (Wildman–Crippen MR) is 81.7 cm³/mol. The van der Waals surface area contributed by atoms with Crippen molar-refractivity contribution in [3.8, 4) is 0 Å². The molecular weight excluding hydrogens is 230 g/mol. The normalized spacial score (nSPS) is 13.9. The highest BCUT2D eigenvalue weighted by Gasteiger charge is 2.12. The van der Waals surface area contributed by atoms with E-state index in [0.29, 0.717) is 0 Å². The summed E-state index contributed by atoms with van der Waals surface area (Å²) in [6.45, 7) is 1.01. The lowest BCUT2D eigenvalue weighted by Gasteiger charge is -2.20. The molecule has 1 aliphatic rings. The summed E-state index contributed by atoms with van der Waals surface area (Å²) in [5, 5.41) is 3.62. The molecule has 0 atom stereocenters. The quantitative estimate of drug-likeness (QED) is 0.858. The van der Waals surface area contributed by atoms with E-state index in [1.54, 1.807) is 11.1 Å². The fourth-order valence-electron chi connectivity index (χ4n) is 2.93. The van der Waals surface area contributed by atoms with Crippen LogP contribution < -0.4 is 5.32 Å². The molecule has 3 rings (SSSR count). The Bertz CT molecular complexity index is 531. The molecule has 0 bridgehead atoms. The monoisotopic (exact) mass is 251 g/mol. The molecule has 1 N–H and O–H groups in total. The minimum Gasteiger partial charge on any atom is -0.384 e. The first kappa shape index (κ1) is 12.3. The number of hydrogen-bond acceptors (Lipinski definition) is 1. The van der Waals surface area contributed by atoms with Crippen LogP contribution in [0, 0.1) is 0 Å². The summed E-state index contributed by atoms with van der Waals surface area (Å²) in [6.07, 6.45) is 6.27. The van der Waals surface area contributed by atoms with E-state index < -0.39 is 0 Å². The molecule has 0 aliphatic heterocycles. The van der Waals surface area contributed by atoms with Crippen molar-refractivity contribution in [2.24, 2.45) is 0 Å². The maximum atomic E-state index is 3.62. The summed E-state index contributed by atoms with van der Waals surface area (Å²) in [7, 11) is 0. The van der Waals surface area contributed by atoms with Crippen LogP contribution in [0.1, 0.15) is 29.5 Å². The average Bonchev–Trinajstić information content (AvgIpc) is 2.49. The summed E-state index contributed by atoms with van der Waals surface area (Å²) in [6, 6.07) is 17.4. The zero-order valence-corrected chi connectivity index (χ0v) is 11.4. The Morgan fingerprint density at radius 3 is 2.58 bits per heavy atom. The van der Waals surface area contributed by atoms with E-state index in [0.717, 1.165) is 13.0 Å². The van der Waals surface area contributed by atoms with Crippen LogP contribution in [-0.4, -0.2) is 6.54 Å². The van der Waals surface area contributed by atoms with Gasteiger partial charge >= 0.3 is 0 Å². The third-order valence-electron chi connectivity index (χ3n) is 3.97. The molecule has 1 aliphatic carbocycles. The van der Waals surface area contributed by atoms with E-state index in [4.69, 9.17) is 0 Å². The van der Waals surface area contributed by atoms with Gasteiger partial charge in [-0.15, -0.1) is 0 Å². The van der Waals surface area contributed by atoms with Crippen molar-refractivity contribution in [3.05, 3.63) is 65.2 Å². The van der Waals surface area contributed by atoms with E-state index in [9.17, 15) is 0 Å². The highest BCUT2D eigenvalue weighted by atomic mass is 14.9. The molecule has 2 aromatic carbocycles. The maximum Gasteiger partial charge on any atom is 0.0375 e. The minimum atomic E-state index is 1.01. The first-order valence-corrected chi connectivity index (χ1v) is 7.32. The van der Waals surface area contributed by atoms with Crippen LogP contribution in [-0.2, 0) is 19.3 Å². The minimum absolute atomic E-state index is 1.01. The summed E-state index contributed by atoms with van der Waals surface area (Å²) < 4.78 is 0. The van der Waals surface area contributed by atoms with Crippen LogP contribution in [0.25, 0.3) is 0 Å². The second kappa shape index (κ2) is 5.92. The van der Waals surface area contributed by atoms with E-state index >= 15 is 0 Å². The Morgan fingerprint density at radius 2 is 1.68 bits per heavy atom. The molecule has 98 valence electrons. The van der Waals surface area contributed by atoms with Gasteiger partial charge in [-0.2, -0.15) is 0 Å². The Morgan fingerprint density at radius 1 is 0.842 bits per heavy atom. The topological polar surface area (TPSA) is 12.0 Å². The van der Waals surface area contributed by atoms with E-state index in [1.165, 1.54) is 36.9 Å². The van der Waals surface area contributed by atoms with Crippen LogP contribution >= 0.6 is 0 Å². The van der Waals surface area contributed by atoms with Crippen molar-refractivity contribution in [3.63, 3.8) is 0 Å². The first-order valence-electron chi connectivity index (χ1n) is 7.32. The van der Waals surface area contributed by atoms with Gasteiger partial charge in [0.15, 0.2) is 0 Å². The molecule has 2 aromatic rings. The second-order valence-corrected chi connectivity index (χ2v) is 5.31. The van der Waals surface area contributed by atoms with Crippen molar-refractivity contribution in [2.75, 3.05) is 11.9 Å². The van der Waals surface area contributed by atoms with Gasteiger partial charge in [-0.1, -0.05) is 42.5 Å². The number of benzene rings is 2. The molecule has 0 saturated carbocycles. The van der Waals surface area contributed by atoms with Gasteiger partial charge in [0.2, 0.25) is 0 Å². The zero-order chi connectivity index (χ0) is 12.9. The SMILES string of the molecule is c1ccc(CCNc2cccc3c2CCCC3)cc1. The van der Waals surface area contributed by atoms with Crippen molar-refractivity contribution in [1.82, 2.24) is 0 Å². The summed E-state index contributed by atoms with van der Waals surface area (Å²) in [4.78, 5) is 0. The highest BCUT2D eigenvalue weighted by molar-refractivity contribution is 5.55. The Balaban J connectivity index is 1.64. The van der Waals surface area contributed by atoms with Crippen molar-refractivity contribution in [1.29, 1.82) is 0 Å². The maximum absolute atomic E-state index is 3.62. The van der Waals surface area contributed by atoms with Crippen LogP contribution in [0.15, 0.2) is 48.5 Å². The Kier molecular flexibility index (Phi) is 3.83. The van der Waals surface area contributed by atoms with Crippen LogP contribution in [0.4, 0.5) is 5.69 Å². The lowest BCUT2D eigenvalue weighted by Crippen LogP contribution is -2.10. The molecule has 0 amide bonds. The predicted octanol–water partition coefficient (Wildman–Crippen LogP) is 4.22. The standard InChI is InChI=1S/C18H21N/c1-2-7-15(8-3-1)13-14-19-18-12-6-10-16-9-4-5-11-17(16)18/h1-3,6-8,10,12,19H,4-5,9,11,13-14H2. The summed E-state index contributed by atoms with van der Waals surface area (Å²) >= 11 is 0. The zero-order valence-electron chi connectivity index (χ0n) is 11.4. The molecule has 0 radical (unpaired) electrons. The Hall–Kier alpha value is -1.76. The molecule has 0 fully saturated rings. The molecule has 0 unspecified atom stereocenters. The smallest absolute Gasteiger partial charge is 0.0375 e. The van der Waals surface area contributed by atoms with Gasteiger partial charge in [-0.3, -0.25) is 0 Å². The first-order chi connectivity index (χ1) is 9.43. The summed E-state index contributed by atoms with van der Waals surface area (Å²) in [5.74, 6) is 0. The average molecular weight is 251 g/mol. The number of aryl methyl sites for hydroxylation is 1. The largest absolute Gasteiger partial charge is 0.384 e. The summed E-state index contributed by atoms with van der Waals surface area (Å²) in [5.41, 5.74) is 5.87. The number of hydrogen-bond donors (Lipinski definition) is 1. The van der Waals surface area contributed by atoms with Gasteiger partial charge < -0.3 is 5.32 Å². The van der Waals surface area contributed by atoms with Gasteiger partial charge in [0.05, 0.1) is 0 Å². The van der Waals surface area contributed by atoms with Gasteiger partial charge in [0, 0.05) is 12.2 Å². The number of anilines is 1.